The summed E-state index contributed by atoms with van der Waals surface area (Å²) in [6.07, 6.45) is 0.841. The number of amidine groups is 1. The van der Waals surface area contributed by atoms with Gasteiger partial charge in [0.2, 0.25) is 0 Å². The lowest BCUT2D eigenvalue weighted by molar-refractivity contribution is 0.311. The molecule has 0 heterocycles. The zero-order valence-corrected chi connectivity index (χ0v) is 8.92. The minimum absolute atomic E-state index is 0.0756. The molecule has 0 saturated heterocycles. The molecule has 0 aliphatic carbocycles. The average molecular weight is 207 g/mol. The van der Waals surface area contributed by atoms with Crippen molar-refractivity contribution in [2.24, 2.45) is 11.5 Å². The molecule has 0 bridgehead atoms. The molecule has 0 amide bonds. The van der Waals surface area contributed by atoms with Crippen molar-refractivity contribution in [1.82, 2.24) is 0 Å². The van der Waals surface area contributed by atoms with Gasteiger partial charge in [0, 0.05) is 5.56 Å². The fraction of sp³-hybridized carbons (Fsp3) is 0.364. The van der Waals surface area contributed by atoms with Crippen LogP contribution in [0.1, 0.15) is 17.5 Å². The molecule has 15 heavy (non-hydrogen) atoms. The van der Waals surface area contributed by atoms with Gasteiger partial charge in [0.15, 0.2) is 0 Å². The Kier molecular flexibility index (Phi) is 4.12. The maximum Gasteiger partial charge on any atom is 0.122 e. The minimum atomic E-state index is 0.0756. The van der Waals surface area contributed by atoms with Crippen molar-refractivity contribution in [2.45, 2.75) is 13.3 Å². The highest BCUT2D eigenvalue weighted by atomic mass is 16.5. The molecule has 0 saturated carbocycles. The van der Waals surface area contributed by atoms with Crippen molar-refractivity contribution in [3.05, 3.63) is 29.3 Å². The van der Waals surface area contributed by atoms with Crippen LogP contribution in [0.15, 0.2) is 18.2 Å². The molecular formula is C11H17N3O. The van der Waals surface area contributed by atoms with E-state index >= 15 is 0 Å². The molecule has 0 spiro atoms. The fourth-order valence-electron chi connectivity index (χ4n) is 1.24. The molecule has 0 radical (unpaired) electrons. The van der Waals surface area contributed by atoms with E-state index in [9.17, 15) is 0 Å². The van der Waals surface area contributed by atoms with Gasteiger partial charge in [0.1, 0.15) is 11.6 Å². The molecule has 5 N–H and O–H groups in total. The fourth-order valence-corrected chi connectivity index (χ4v) is 1.24. The number of benzene rings is 1. The second-order valence-electron chi connectivity index (χ2n) is 3.38. The van der Waals surface area contributed by atoms with Crippen LogP contribution in [-0.2, 0) is 0 Å². The van der Waals surface area contributed by atoms with Crippen LogP contribution in [0, 0.1) is 12.3 Å². The van der Waals surface area contributed by atoms with Gasteiger partial charge in [-0.25, -0.2) is 0 Å². The van der Waals surface area contributed by atoms with Crippen molar-refractivity contribution in [3.63, 3.8) is 0 Å². The Bertz CT molecular complexity index is 350. The monoisotopic (exact) mass is 207 g/mol. The van der Waals surface area contributed by atoms with E-state index in [2.05, 4.69) is 0 Å². The second kappa shape index (κ2) is 5.36. The quantitative estimate of drug-likeness (QED) is 0.382. The summed E-state index contributed by atoms with van der Waals surface area (Å²) in [5, 5.41) is 7.29. The molecule has 0 aromatic heterocycles. The third-order valence-corrected chi connectivity index (χ3v) is 2.09. The molecule has 4 heteroatoms. The Hall–Kier alpha value is -1.55. The third-order valence-electron chi connectivity index (χ3n) is 2.09. The summed E-state index contributed by atoms with van der Waals surface area (Å²) in [6, 6.07) is 5.47. The number of hydrogen-bond donors (Lipinski definition) is 3. The van der Waals surface area contributed by atoms with Crippen molar-refractivity contribution in [1.29, 1.82) is 5.41 Å². The lowest BCUT2D eigenvalue weighted by atomic mass is 10.1. The molecule has 0 aliphatic heterocycles. The Morgan fingerprint density at radius 2 is 2.20 bits per heavy atom. The van der Waals surface area contributed by atoms with Gasteiger partial charge in [-0.2, -0.15) is 0 Å². The highest BCUT2D eigenvalue weighted by Crippen LogP contribution is 2.18. The third kappa shape index (κ3) is 3.25. The van der Waals surface area contributed by atoms with Gasteiger partial charge in [0.05, 0.1) is 6.61 Å². The molecule has 4 nitrogen and oxygen atoms in total. The van der Waals surface area contributed by atoms with Crippen molar-refractivity contribution < 1.29 is 4.74 Å². The smallest absolute Gasteiger partial charge is 0.122 e. The lowest BCUT2D eigenvalue weighted by Crippen LogP contribution is -2.11. The first-order valence-corrected chi connectivity index (χ1v) is 4.93. The van der Waals surface area contributed by atoms with E-state index in [4.69, 9.17) is 21.6 Å². The summed E-state index contributed by atoms with van der Waals surface area (Å²) < 4.78 is 5.52. The van der Waals surface area contributed by atoms with Gasteiger partial charge in [-0.15, -0.1) is 0 Å². The predicted octanol–water partition coefficient (Wildman–Crippen LogP) is 1.01. The molecule has 0 aliphatic rings. The van der Waals surface area contributed by atoms with Crippen LogP contribution in [0.3, 0.4) is 0 Å². The standard InChI is InChI=1S/C11H17N3O/c1-8-7-9(11(13)14)3-4-10(8)15-6-2-5-12/h3-4,7H,2,5-6,12H2,1H3,(H3,13,14). The van der Waals surface area contributed by atoms with Crippen LogP contribution in [0.5, 0.6) is 5.75 Å². The number of nitrogen functional groups attached to an aromatic ring is 1. The van der Waals surface area contributed by atoms with E-state index < -0.39 is 0 Å². The largest absolute Gasteiger partial charge is 0.493 e. The van der Waals surface area contributed by atoms with Crippen LogP contribution < -0.4 is 16.2 Å². The predicted molar refractivity (Wildman–Crippen MR) is 61.4 cm³/mol. The summed E-state index contributed by atoms with van der Waals surface area (Å²) in [4.78, 5) is 0. The summed E-state index contributed by atoms with van der Waals surface area (Å²) in [5.41, 5.74) is 12.5. The van der Waals surface area contributed by atoms with Crippen LogP contribution >= 0.6 is 0 Å². The molecule has 1 rings (SSSR count). The zero-order valence-electron chi connectivity index (χ0n) is 8.92. The number of nitrogens with one attached hydrogen (secondary N) is 1. The number of ether oxygens (including phenoxy) is 1. The van der Waals surface area contributed by atoms with E-state index in [1.807, 2.05) is 19.1 Å². The first kappa shape index (κ1) is 11.5. The Morgan fingerprint density at radius 3 is 2.73 bits per heavy atom. The molecule has 82 valence electrons. The number of rotatable bonds is 5. The Labute approximate surface area is 89.7 Å². The zero-order chi connectivity index (χ0) is 11.3. The maximum absolute atomic E-state index is 7.29. The van der Waals surface area contributed by atoms with Crippen molar-refractivity contribution in [3.8, 4) is 5.75 Å². The van der Waals surface area contributed by atoms with Crippen molar-refractivity contribution in [2.75, 3.05) is 13.2 Å². The summed E-state index contributed by atoms with van der Waals surface area (Å²) in [6.45, 7) is 3.19. The first-order chi connectivity index (χ1) is 7.15. The molecule has 1 aromatic carbocycles. The van der Waals surface area contributed by atoms with Gasteiger partial charge in [-0.1, -0.05) is 0 Å². The van der Waals surface area contributed by atoms with Crippen molar-refractivity contribution >= 4 is 5.84 Å². The van der Waals surface area contributed by atoms with E-state index in [1.54, 1.807) is 6.07 Å². The lowest BCUT2D eigenvalue weighted by Gasteiger charge is -2.09. The van der Waals surface area contributed by atoms with E-state index in [1.165, 1.54) is 0 Å². The Morgan fingerprint density at radius 1 is 1.47 bits per heavy atom. The van der Waals surface area contributed by atoms with Gasteiger partial charge >= 0.3 is 0 Å². The van der Waals surface area contributed by atoms with Gasteiger partial charge in [-0.05, 0) is 43.7 Å². The minimum Gasteiger partial charge on any atom is -0.493 e. The highest BCUT2D eigenvalue weighted by molar-refractivity contribution is 5.95. The van der Waals surface area contributed by atoms with Gasteiger partial charge in [-0.3, -0.25) is 5.41 Å². The van der Waals surface area contributed by atoms with Crippen LogP contribution in [0.25, 0.3) is 0 Å². The first-order valence-electron chi connectivity index (χ1n) is 4.93. The van der Waals surface area contributed by atoms with E-state index in [0.717, 1.165) is 23.3 Å². The molecular weight excluding hydrogens is 190 g/mol. The topological polar surface area (TPSA) is 85.1 Å². The normalized spacial score (nSPS) is 10.0. The number of aryl methyl sites for hydroxylation is 1. The SMILES string of the molecule is Cc1cc(C(=N)N)ccc1OCCCN. The van der Waals surface area contributed by atoms with Crippen LogP contribution in [0.2, 0.25) is 0 Å². The van der Waals surface area contributed by atoms with Gasteiger partial charge in [0.25, 0.3) is 0 Å². The van der Waals surface area contributed by atoms with Gasteiger partial charge < -0.3 is 16.2 Å². The highest BCUT2D eigenvalue weighted by Gasteiger charge is 2.02. The Balaban J connectivity index is 2.70. The average Bonchev–Trinajstić information content (AvgIpc) is 2.20. The summed E-state index contributed by atoms with van der Waals surface area (Å²) >= 11 is 0. The second-order valence-corrected chi connectivity index (χ2v) is 3.38. The van der Waals surface area contributed by atoms with E-state index in [0.29, 0.717) is 13.2 Å². The molecule has 0 fully saturated rings. The summed E-state index contributed by atoms with van der Waals surface area (Å²) in [7, 11) is 0. The van der Waals surface area contributed by atoms with Crippen LogP contribution in [0.4, 0.5) is 0 Å². The maximum atomic E-state index is 7.29. The summed E-state index contributed by atoms with van der Waals surface area (Å²) in [5.74, 6) is 0.903. The van der Waals surface area contributed by atoms with E-state index in [-0.39, 0.29) is 5.84 Å². The molecule has 1 aromatic rings. The molecule has 0 unspecified atom stereocenters. The number of hydrogen-bond acceptors (Lipinski definition) is 3. The number of nitrogens with two attached hydrogens (primary N) is 2. The molecule has 0 atom stereocenters. The van der Waals surface area contributed by atoms with Crippen LogP contribution in [-0.4, -0.2) is 19.0 Å².